The number of nitrogens with one attached hydrogen (secondary N) is 1. The fourth-order valence-corrected chi connectivity index (χ4v) is 3.72. The number of rotatable bonds is 8. The number of nitro groups is 1. The van der Waals surface area contributed by atoms with Crippen LogP contribution in [0.3, 0.4) is 0 Å². The Morgan fingerprint density at radius 3 is 2.43 bits per heavy atom. The Labute approximate surface area is 169 Å². The zero-order valence-electron chi connectivity index (χ0n) is 16.7. The van der Waals surface area contributed by atoms with Gasteiger partial charge in [-0.25, -0.2) is 0 Å². The molecule has 1 atom stereocenters. The van der Waals surface area contributed by atoms with E-state index in [-0.39, 0.29) is 29.6 Å². The molecule has 1 aliphatic rings. The average Bonchev–Trinajstić information content (AvgIpc) is 2.62. The number of hydrogen-bond donors (Lipinski definition) is 1. The minimum atomic E-state index is -0.610. The smallest absolute Gasteiger partial charge is 0.315 e. The van der Waals surface area contributed by atoms with Gasteiger partial charge in [0.15, 0.2) is 16.6 Å². The van der Waals surface area contributed by atoms with Crippen LogP contribution in [-0.4, -0.2) is 40.5 Å². The van der Waals surface area contributed by atoms with E-state index in [1.807, 2.05) is 18.7 Å². The number of hydrogen-bond acceptors (Lipinski definition) is 6. The van der Waals surface area contributed by atoms with Crippen LogP contribution in [0.5, 0.6) is 11.5 Å². The maximum atomic E-state index is 12.4. The van der Waals surface area contributed by atoms with Gasteiger partial charge in [-0.1, -0.05) is 0 Å². The lowest BCUT2D eigenvalue weighted by molar-refractivity contribution is -0.386. The molecule has 1 aromatic carbocycles. The van der Waals surface area contributed by atoms with Gasteiger partial charge in [0, 0.05) is 23.9 Å². The van der Waals surface area contributed by atoms with E-state index >= 15 is 0 Å². The Bertz CT molecular complexity index is 837. The highest BCUT2D eigenvalue weighted by Gasteiger charge is 2.34. The number of carbonyl (C=O) groups is 1. The van der Waals surface area contributed by atoms with Crippen LogP contribution < -0.4 is 14.8 Å². The summed E-state index contributed by atoms with van der Waals surface area (Å²) in [6, 6.07) is 2.46. The van der Waals surface area contributed by atoms with Crippen LogP contribution in [-0.2, 0) is 4.79 Å². The largest absolute Gasteiger partial charge is 0.490 e. The molecule has 0 radical (unpaired) electrons. The molecule has 28 heavy (non-hydrogen) atoms. The molecule has 1 N–H and O–H groups in total. The number of allylic oxidation sites excluding steroid dienone is 1. The van der Waals surface area contributed by atoms with Crippen molar-refractivity contribution in [2.45, 2.75) is 40.7 Å². The minimum Gasteiger partial charge on any atom is -0.490 e. The predicted octanol–water partition coefficient (Wildman–Crippen LogP) is 3.51. The molecule has 1 aromatic rings. The summed E-state index contributed by atoms with van der Waals surface area (Å²) in [6.07, 6.45) is 0. The van der Waals surface area contributed by atoms with E-state index in [0.29, 0.717) is 29.4 Å². The molecule has 9 heteroatoms. The van der Waals surface area contributed by atoms with Crippen LogP contribution in [0.25, 0.3) is 0 Å². The lowest BCUT2D eigenvalue weighted by atomic mass is 9.92. The normalized spacial score (nSPS) is 16.7. The zero-order valence-corrected chi connectivity index (χ0v) is 17.5. The molecule has 1 heterocycles. The molecule has 0 bridgehead atoms. The van der Waals surface area contributed by atoms with Crippen molar-refractivity contribution in [3.8, 4) is 11.5 Å². The molecule has 0 amide bonds. The van der Waals surface area contributed by atoms with Crippen LogP contribution in [0.15, 0.2) is 23.4 Å². The third-order valence-electron chi connectivity index (χ3n) is 4.47. The number of ether oxygens (including phenoxy) is 2. The Morgan fingerprint density at radius 1 is 1.29 bits per heavy atom. The molecule has 1 aliphatic heterocycles. The van der Waals surface area contributed by atoms with Crippen molar-refractivity contribution in [1.82, 2.24) is 10.2 Å². The van der Waals surface area contributed by atoms with Gasteiger partial charge in [0.05, 0.1) is 24.2 Å². The lowest BCUT2D eigenvalue weighted by Crippen LogP contribution is -2.47. The molecule has 0 fully saturated rings. The second-order valence-electron chi connectivity index (χ2n) is 6.17. The fourth-order valence-electron chi connectivity index (χ4n) is 3.33. The van der Waals surface area contributed by atoms with Crippen molar-refractivity contribution in [3.63, 3.8) is 0 Å². The van der Waals surface area contributed by atoms with Gasteiger partial charge in [-0.05, 0) is 58.5 Å². The van der Waals surface area contributed by atoms with E-state index < -0.39 is 11.0 Å². The van der Waals surface area contributed by atoms with Crippen LogP contribution in [0.2, 0.25) is 0 Å². The van der Waals surface area contributed by atoms with E-state index in [4.69, 9.17) is 21.7 Å². The highest BCUT2D eigenvalue weighted by molar-refractivity contribution is 7.80. The Morgan fingerprint density at radius 2 is 1.93 bits per heavy atom. The van der Waals surface area contributed by atoms with Crippen LogP contribution in [0.4, 0.5) is 5.69 Å². The summed E-state index contributed by atoms with van der Waals surface area (Å²) < 4.78 is 11.1. The number of benzene rings is 1. The van der Waals surface area contributed by atoms with Crippen LogP contribution in [0.1, 0.15) is 46.2 Å². The molecule has 1 unspecified atom stereocenters. The first kappa shape index (κ1) is 21.6. The summed E-state index contributed by atoms with van der Waals surface area (Å²) in [5.41, 5.74) is 1.55. The third-order valence-corrected chi connectivity index (χ3v) is 4.81. The van der Waals surface area contributed by atoms with E-state index in [0.717, 1.165) is 5.70 Å². The van der Waals surface area contributed by atoms with Gasteiger partial charge in [0.2, 0.25) is 5.75 Å². The molecule has 8 nitrogen and oxygen atoms in total. The summed E-state index contributed by atoms with van der Waals surface area (Å²) in [4.78, 5) is 25.4. The van der Waals surface area contributed by atoms with Crippen molar-refractivity contribution in [1.29, 1.82) is 0 Å². The van der Waals surface area contributed by atoms with Crippen molar-refractivity contribution in [3.05, 3.63) is 39.1 Å². The molecule has 0 saturated heterocycles. The van der Waals surface area contributed by atoms with Crippen molar-refractivity contribution < 1.29 is 19.2 Å². The van der Waals surface area contributed by atoms with Crippen molar-refractivity contribution in [2.24, 2.45) is 0 Å². The number of carbonyl (C=O) groups excluding carboxylic acids is 1. The summed E-state index contributed by atoms with van der Waals surface area (Å²) in [7, 11) is 0. The van der Waals surface area contributed by atoms with Gasteiger partial charge < -0.3 is 19.7 Å². The topological polar surface area (TPSA) is 93.9 Å². The van der Waals surface area contributed by atoms with Gasteiger partial charge in [-0.3, -0.25) is 14.9 Å². The average molecular weight is 407 g/mol. The highest BCUT2D eigenvalue weighted by Crippen LogP contribution is 2.42. The molecular weight excluding hydrogens is 382 g/mol. The second-order valence-corrected chi connectivity index (χ2v) is 6.56. The SMILES string of the molecule is CCOc1cc(C2NC(=S)N(CC)C(C)=C2C(C)=O)cc([N+](=O)[O-])c1OCC. The van der Waals surface area contributed by atoms with Gasteiger partial charge in [-0.15, -0.1) is 0 Å². The summed E-state index contributed by atoms with van der Waals surface area (Å²) in [6.45, 7) is 9.94. The minimum absolute atomic E-state index is 0.0803. The molecule has 0 aromatic heterocycles. The predicted molar refractivity (Wildman–Crippen MR) is 110 cm³/mol. The Balaban J connectivity index is 2.71. The number of nitrogens with zero attached hydrogens (tertiary/aromatic N) is 2. The zero-order chi connectivity index (χ0) is 21.0. The summed E-state index contributed by atoms with van der Waals surface area (Å²) in [5, 5.41) is 15.3. The van der Waals surface area contributed by atoms with Gasteiger partial charge >= 0.3 is 5.69 Å². The summed E-state index contributed by atoms with van der Waals surface area (Å²) in [5.74, 6) is 0.210. The first-order valence-electron chi connectivity index (χ1n) is 9.14. The summed E-state index contributed by atoms with van der Waals surface area (Å²) >= 11 is 5.44. The lowest BCUT2D eigenvalue weighted by Gasteiger charge is -2.37. The monoisotopic (exact) mass is 407 g/mol. The van der Waals surface area contributed by atoms with E-state index in [1.165, 1.54) is 13.0 Å². The molecule has 0 spiro atoms. The number of thiocarbonyl (C=S) groups is 1. The molecule has 0 saturated carbocycles. The van der Waals surface area contributed by atoms with Gasteiger partial charge in [0.1, 0.15) is 0 Å². The third kappa shape index (κ3) is 4.09. The van der Waals surface area contributed by atoms with Crippen LogP contribution >= 0.6 is 12.2 Å². The first-order chi connectivity index (χ1) is 13.3. The van der Waals surface area contributed by atoms with E-state index in [1.54, 1.807) is 19.9 Å². The van der Waals surface area contributed by atoms with Crippen molar-refractivity contribution in [2.75, 3.05) is 19.8 Å². The second kappa shape index (κ2) is 9.01. The maximum Gasteiger partial charge on any atom is 0.315 e. The molecular formula is C19H25N3O5S. The van der Waals surface area contributed by atoms with Crippen LogP contribution in [0, 0.1) is 10.1 Å². The molecule has 152 valence electrons. The van der Waals surface area contributed by atoms with E-state index in [2.05, 4.69) is 5.32 Å². The van der Waals surface area contributed by atoms with Gasteiger partial charge in [0.25, 0.3) is 0 Å². The molecule has 2 rings (SSSR count). The number of nitro benzene ring substituents is 1. The Kier molecular flexibility index (Phi) is 6.95. The van der Waals surface area contributed by atoms with E-state index in [9.17, 15) is 14.9 Å². The number of ketones is 1. The standard InChI is InChI=1S/C19H25N3O5S/c1-6-21-11(4)16(12(5)23)17(20-19(21)28)13-9-14(22(24)25)18(27-8-3)15(10-13)26-7-2/h9-10,17H,6-8H2,1-5H3,(H,20,28). The quantitative estimate of drug-likeness (QED) is 0.397. The molecule has 0 aliphatic carbocycles. The first-order valence-corrected chi connectivity index (χ1v) is 9.55. The van der Waals surface area contributed by atoms with Crippen molar-refractivity contribution >= 4 is 28.8 Å². The maximum absolute atomic E-state index is 12.4. The van der Waals surface area contributed by atoms with Gasteiger partial charge in [-0.2, -0.15) is 0 Å². The fraction of sp³-hybridized carbons (Fsp3) is 0.474. The number of Topliss-reactive ketones (excluding diaryl/α,β-unsaturated/α-hetero) is 1. The Hall–Kier alpha value is -2.68. The highest BCUT2D eigenvalue weighted by atomic mass is 32.1.